The van der Waals surface area contributed by atoms with E-state index in [1.54, 1.807) is 0 Å². The summed E-state index contributed by atoms with van der Waals surface area (Å²) in [5.41, 5.74) is -1.04. The van der Waals surface area contributed by atoms with E-state index in [1.165, 1.54) is 14.1 Å². The zero-order valence-electron chi connectivity index (χ0n) is 9.95. The minimum Gasteiger partial charge on any atom is -0.493 e. The first kappa shape index (κ1) is 12.5. The Kier molecular flexibility index (Phi) is 3.29. The molecule has 0 spiro atoms. The van der Waals surface area contributed by atoms with Crippen LogP contribution in [0.15, 0.2) is 49.7 Å². The summed E-state index contributed by atoms with van der Waals surface area (Å²) in [7, 11) is 2.81. The lowest BCUT2D eigenvalue weighted by Gasteiger charge is -2.09. The molecule has 0 unspecified atom stereocenters. The Hall–Kier alpha value is -1.95. The molecule has 0 aliphatic heterocycles. The third-order valence-corrected chi connectivity index (χ3v) is 3.63. The molecular weight excluding hydrogens is 252 g/mol. The van der Waals surface area contributed by atoms with E-state index in [-0.39, 0.29) is 10.8 Å². The van der Waals surface area contributed by atoms with E-state index < -0.39 is 11.2 Å². The number of rotatable bonds is 2. The van der Waals surface area contributed by atoms with Crippen molar-refractivity contribution in [3.05, 3.63) is 51.2 Å². The summed E-state index contributed by atoms with van der Waals surface area (Å²) in [6, 6.07) is 9.20. The van der Waals surface area contributed by atoms with E-state index in [2.05, 4.69) is 0 Å². The quantitative estimate of drug-likeness (QED) is 0.876. The number of benzene rings is 1. The van der Waals surface area contributed by atoms with Crippen molar-refractivity contribution < 1.29 is 5.11 Å². The highest BCUT2D eigenvalue weighted by Gasteiger charge is 2.15. The van der Waals surface area contributed by atoms with Crippen molar-refractivity contribution in [3.63, 3.8) is 0 Å². The fourth-order valence-corrected chi connectivity index (χ4v) is 2.48. The van der Waals surface area contributed by atoms with Gasteiger partial charge in [0, 0.05) is 19.0 Å². The maximum absolute atomic E-state index is 11.9. The van der Waals surface area contributed by atoms with Crippen molar-refractivity contribution in [1.82, 2.24) is 9.13 Å². The van der Waals surface area contributed by atoms with Crippen LogP contribution in [0.5, 0.6) is 5.88 Å². The van der Waals surface area contributed by atoms with Crippen LogP contribution in [-0.4, -0.2) is 14.2 Å². The Labute approximate surface area is 107 Å². The smallest absolute Gasteiger partial charge is 0.333 e. The molecule has 1 aromatic carbocycles. The molecule has 0 atom stereocenters. The van der Waals surface area contributed by atoms with Gasteiger partial charge in [0.05, 0.1) is 0 Å². The number of aromatic nitrogens is 2. The molecule has 2 aromatic rings. The van der Waals surface area contributed by atoms with Crippen LogP contribution in [-0.2, 0) is 14.1 Å². The number of hydrogen-bond donors (Lipinski definition) is 1. The molecule has 1 aromatic heterocycles. The van der Waals surface area contributed by atoms with Gasteiger partial charge >= 0.3 is 5.69 Å². The maximum atomic E-state index is 11.9. The Morgan fingerprint density at radius 1 is 1.06 bits per heavy atom. The Bertz CT molecular complexity index is 689. The van der Waals surface area contributed by atoms with E-state index >= 15 is 0 Å². The second-order valence-corrected chi connectivity index (χ2v) is 4.86. The van der Waals surface area contributed by atoms with Gasteiger partial charge in [0.25, 0.3) is 5.56 Å². The summed E-state index contributed by atoms with van der Waals surface area (Å²) >= 11 is 1.13. The van der Waals surface area contributed by atoms with E-state index in [0.29, 0.717) is 0 Å². The summed E-state index contributed by atoms with van der Waals surface area (Å²) < 4.78 is 2.03. The van der Waals surface area contributed by atoms with E-state index in [4.69, 9.17) is 0 Å². The predicted molar refractivity (Wildman–Crippen MR) is 69.2 cm³/mol. The highest BCUT2D eigenvalue weighted by molar-refractivity contribution is 7.99. The lowest BCUT2D eigenvalue weighted by Crippen LogP contribution is -2.37. The number of nitrogens with zero attached hydrogens (tertiary/aromatic N) is 2. The number of aromatic hydroxyl groups is 1. The van der Waals surface area contributed by atoms with Crippen molar-refractivity contribution in [2.24, 2.45) is 14.1 Å². The first-order valence-corrected chi connectivity index (χ1v) is 6.06. The second-order valence-electron chi connectivity index (χ2n) is 3.77. The highest BCUT2D eigenvalue weighted by atomic mass is 32.2. The summed E-state index contributed by atoms with van der Waals surface area (Å²) in [5.74, 6) is -0.308. The largest absolute Gasteiger partial charge is 0.493 e. The van der Waals surface area contributed by atoms with Gasteiger partial charge in [-0.05, 0) is 12.1 Å². The SMILES string of the molecule is Cn1c(O)c(Sc2ccccc2)c(=O)n(C)c1=O. The van der Waals surface area contributed by atoms with Crippen LogP contribution in [0.2, 0.25) is 0 Å². The van der Waals surface area contributed by atoms with Gasteiger partial charge in [-0.25, -0.2) is 4.79 Å². The van der Waals surface area contributed by atoms with Crippen LogP contribution in [0.4, 0.5) is 0 Å². The van der Waals surface area contributed by atoms with Crippen LogP contribution in [0.25, 0.3) is 0 Å². The van der Waals surface area contributed by atoms with Crippen LogP contribution >= 0.6 is 11.8 Å². The molecule has 94 valence electrons. The average molecular weight is 264 g/mol. The molecule has 0 aliphatic carbocycles. The predicted octanol–water partition coefficient (Wildman–Crippen LogP) is 0.941. The van der Waals surface area contributed by atoms with Crippen molar-refractivity contribution in [2.75, 3.05) is 0 Å². The van der Waals surface area contributed by atoms with Crippen LogP contribution in [0.1, 0.15) is 0 Å². The molecule has 5 nitrogen and oxygen atoms in total. The van der Waals surface area contributed by atoms with Crippen LogP contribution in [0.3, 0.4) is 0 Å². The molecule has 2 rings (SSSR count). The molecule has 0 aliphatic rings. The standard InChI is InChI=1S/C12H12N2O3S/c1-13-10(15)9(11(16)14(2)12(13)17)18-8-6-4-3-5-7-8/h3-7,15H,1-2H3. The van der Waals surface area contributed by atoms with E-state index in [1.807, 2.05) is 30.3 Å². The summed E-state index contributed by atoms with van der Waals surface area (Å²) in [4.78, 5) is 24.5. The summed E-state index contributed by atoms with van der Waals surface area (Å²) in [5, 5.41) is 9.87. The van der Waals surface area contributed by atoms with Gasteiger partial charge in [-0.1, -0.05) is 30.0 Å². The summed E-state index contributed by atoms with van der Waals surface area (Å²) in [6.45, 7) is 0. The molecule has 0 amide bonds. The third kappa shape index (κ3) is 2.06. The van der Waals surface area contributed by atoms with Gasteiger partial charge in [0.1, 0.15) is 4.90 Å². The molecule has 0 bridgehead atoms. The molecule has 6 heteroatoms. The first-order valence-electron chi connectivity index (χ1n) is 5.24. The van der Waals surface area contributed by atoms with Gasteiger partial charge in [-0.2, -0.15) is 0 Å². The lowest BCUT2D eigenvalue weighted by atomic mass is 10.4. The maximum Gasteiger partial charge on any atom is 0.333 e. The Balaban J connectivity index is 2.59. The zero-order chi connectivity index (χ0) is 13.3. The minimum absolute atomic E-state index is 0.144. The zero-order valence-corrected chi connectivity index (χ0v) is 10.8. The van der Waals surface area contributed by atoms with Gasteiger partial charge in [-0.3, -0.25) is 13.9 Å². The van der Waals surface area contributed by atoms with Crippen LogP contribution < -0.4 is 11.2 Å². The fourth-order valence-electron chi connectivity index (χ4n) is 1.50. The average Bonchev–Trinajstić information content (AvgIpc) is 2.40. The van der Waals surface area contributed by atoms with Crippen molar-refractivity contribution in [3.8, 4) is 5.88 Å². The lowest BCUT2D eigenvalue weighted by molar-refractivity contribution is 0.394. The molecule has 1 N–H and O–H groups in total. The highest BCUT2D eigenvalue weighted by Crippen LogP contribution is 2.29. The normalized spacial score (nSPS) is 10.6. The minimum atomic E-state index is -0.546. The van der Waals surface area contributed by atoms with Gasteiger partial charge < -0.3 is 5.11 Å². The van der Waals surface area contributed by atoms with Crippen molar-refractivity contribution >= 4 is 11.8 Å². The molecule has 0 saturated carbocycles. The Morgan fingerprint density at radius 3 is 2.28 bits per heavy atom. The molecule has 0 fully saturated rings. The molecule has 0 radical (unpaired) electrons. The summed E-state index contributed by atoms with van der Waals surface area (Å²) in [6.07, 6.45) is 0. The Morgan fingerprint density at radius 2 is 1.67 bits per heavy atom. The van der Waals surface area contributed by atoms with Crippen molar-refractivity contribution in [1.29, 1.82) is 0 Å². The molecule has 1 heterocycles. The second kappa shape index (κ2) is 4.73. The van der Waals surface area contributed by atoms with Crippen molar-refractivity contribution in [2.45, 2.75) is 9.79 Å². The van der Waals surface area contributed by atoms with Gasteiger partial charge in [0.2, 0.25) is 5.88 Å². The van der Waals surface area contributed by atoms with E-state index in [9.17, 15) is 14.7 Å². The third-order valence-electron chi connectivity index (χ3n) is 2.56. The molecule has 0 saturated heterocycles. The molecular formula is C12H12N2O3S. The molecule has 18 heavy (non-hydrogen) atoms. The fraction of sp³-hybridized carbons (Fsp3) is 0.167. The monoisotopic (exact) mass is 264 g/mol. The first-order chi connectivity index (χ1) is 8.52. The van der Waals surface area contributed by atoms with Crippen LogP contribution in [0, 0.1) is 0 Å². The van der Waals surface area contributed by atoms with E-state index in [0.717, 1.165) is 25.8 Å². The number of hydrogen-bond acceptors (Lipinski definition) is 4. The topological polar surface area (TPSA) is 64.2 Å². The van der Waals surface area contributed by atoms with Gasteiger partial charge in [-0.15, -0.1) is 0 Å². The van der Waals surface area contributed by atoms with Gasteiger partial charge in [0.15, 0.2) is 0 Å².